The van der Waals surface area contributed by atoms with Crippen molar-refractivity contribution in [2.45, 2.75) is 38.1 Å². The van der Waals surface area contributed by atoms with E-state index in [1.807, 2.05) is 6.07 Å². The molecule has 3 rings (SSSR count). The van der Waals surface area contributed by atoms with Crippen molar-refractivity contribution in [3.63, 3.8) is 0 Å². The van der Waals surface area contributed by atoms with Gasteiger partial charge < -0.3 is 9.73 Å². The summed E-state index contributed by atoms with van der Waals surface area (Å²) in [5.41, 5.74) is 2.19. The van der Waals surface area contributed by atoms with E-state index in [4.69, 9.17) is 4.42 Å². The van der Waals surface area contributed by atoms with Crippen molar-refractivity contribution in [1.82, 2.24) is 10.7 Å². The number of rotatable bonds is 4. The predicted molar refractivity (Wildman–Crippen MR) is 72.1 cm³/mol. The summed E-state index contributed by atoms with van der Waals surface area (Å²) in [5.74, 6) is 1.32. The molecule has 2 N–H and O–H groups in total. The van der Waals surface area contributed by atoms with Gasteiger partial charge in [0, 0.05) is 12.0 Å². The number of hydrazone groups is 1. The standard InChI is InChI=1S/C14H17N3O3/c1-8-6-11(8)12-5-4-10(20-12)7-15-17-14(19)13(18)16-9-2-3-9/h4-5,7-9,11H,2-3,6H2,1H3,(H,16,18)(H,17,19)/b15-7-/t8-,11-/m1/s1. The summed E-state index contributed by atoms with van der Waals surface area (Å²) < 4.78 is 5.59. The molecule has 0 saturated heterocycles. The lowest BCUT2D eigenvalue weighted by Gasteiger charge is -2.00. The summed E-state index contributed by atoms with van der Waals surface area (Å²) in [6.07, 6.45) is 4.44. The molecule has 6 nitrogen and oxygen atoms in total. The maximum absolute atomic E-state index is 11.4. The van der Waals surface area contributed by atoms with E-state index in [0.29, 0.717) is 17.6 Å². The number of nitrogens with one attached hydrogen (secondary N) is 2. The number of nitrogens with zero attached hydrogens (tertiary/aromatic N) is 1. The summed E-state index contributed by atoms with van der Waals surface area (Å²) in [7, 11) is 0. The van der Waals surface area contributed by atoms with Gasteiger partial charge in [0.1, 0.15) is 11.5 Å². The molecule has 1 heterocycles. The second-order valence-electron chi connectivity index (χ2n) is 5.51. The van der Waals surface area contributed by atoms with Gasteiger partial charge in [-0.05, 0) is 37.3 Å². The fraction of sp³-hybridized carbons (Fsp3) is 0.500. The first-order valence-electron chi connectivity index (χ1n) is 6.87. The Balaban J connectivity index is 1.48. The predicted octanol–water partition coefficient (Wildman–Crippen LogP) is 1.13. The van der Waals surface area contributed by atoms with Gasteiger partial charge in [-0.15, -0.1) is 0 Å². The van der Waals surface area contributed by atoms with Crippen molar-refractivity contribution >= 4 is 18.0 Å². The van der Waals surface area contributed by atoms with Gasteiger partial charge in [-0.2, -0.15) is 5.10 Å². The third-order valence-electron chi connectivity index (χ3n) is 3.60. The highest BCUT2D eigenvalue weighted by Gasteiger charge is 2.36. The fourth-order valence-corrected chi connectivity index (χ4v) is 2.04. The SMILES string of the molecule is C[C@@H]1C[C@H]1c1ccc(/C=N\NC(=O)C(=O)NC2CC2)o1. The van der Waals surface area contributed by atoms with Crippen molar-refractivity contribution in [2.24, 2.45) is 11.0 Å². The van der Waals surface area contributed by atoms with Crippen LogP contribution in [0, 0.1) is 5.92 Å². The van der Waals surface area contributed by atoms with Crippen LogP contribution in [-0.2, 0) is 9.59 Å². The molecule has 0 unspecified atom stereocenters. The molecule has 1 aromatic rings. The van der Waals surface area contributed by atoms with Crippen LogP contribution in [0.5, 0.6) is 0 Å². The molecule has 6 heteroatoms. The van der Waals surface area contributed by atoms with Gasteiger partial charge >= 0.3 is 11.8 Å². The maximum atomic E-state index is 11.4. The first kappa shape index (κ1) is 12.9. The molecule has 20 heavy (non-hydrogen) atoms. The van der Waals surface area contributed by atoms with E-state index in [2.05, 4.69) is 22.8 Å². The van der Waals surface area contributed by atoms with Crippen LogP contribution in [0.25, 0.3) is 0 Å². The largest absolute Gasteiger partial charge is 0.460 e. The Morgan fingerprint density at radius 2 is 2.10 bits per heavy atom. The fourth-order valence-electron chi connectivity index (χ4n) is 2.04. The molecule has 0 spiro atoms. The Morgan fingerprint density at radius 1 is 1.35 bits per heavy atom. The Hall–Kier alpha value is -2.11. The zero-order valence-corrected chi connectivity index (χ0v) is 11.3. The number of carbonyl (C=O) groups is 2. The average molecular weight is 275 g/mol. The van der Waals surface area contributed by atoms with Crippen LogP contribution in [0.3, 0.4) is 0 Å². The molecule has 2 aliphatic rings. The lowest BCUT2D eigenvalue weighted by Crippen LogP contribution is -2.38. The van der Waals surface area contributed by atoms with E-state index in [1.165, 1.54) is 6.21 Å². The molecular formula is C14H17N3O3. The molecule has 2 amide bonds. The van der Waals surface area contributed by atoms with Gasteiger partial charge in [0.25, 0.3) is 0 Å². The summed E-state index contributed by atoms with van der Waals surface area (Å²) in [6, 6.07) is 3.89. The molecule has 106 valence electrons. The highest BCUT2D eigenvalue weighted by molar-refractivity contribution is 6.35. The summed E-state index contributed by atoms with van der Waals surface area (Å²) >= 11 is 0. The van der Waals surface area contributed by atoms with Crippen LogP contribution in [0.1, 0.15) is 43.6 Å². The zero-order valence-electron chi connectivity index (χ0n) is 11.3. The van der Waals surface area contributed by atoms with Gasteiger partial charge in [0.15, 0.2) is 0 Å². The van der Waals surface area contributed by atoms with Gasteiger partial charge in [-0.25, -0.2) is 5.43 Å². The van der Waals surface area contributed by atoms with Crippen molar-refractivity contribution < 1.29 is 14.0 Å². The maximum Gasteiger partial charge on any atom is 0.329 e. The van der Waals surface area contributed by atoms with E-state index in [9.17, 15) is 9.59 Å². The van der Waals surface area contributed by atoms with E-state index in [1.54, 1.807) is 6.07 Å². The third kappa shape index (κ3) is 3.07. The molecule has 2 atom stereocenters. The van der Waals surface area contributed by atoms with Crippen LogP contribution in [0.4, 0.5) is 0 Å². The number of furan rings is 1. The van der Waals surface area contributed by atoms with Crippen LogP contribution in [-0.4, -0.2) is 24.1 Å². The second-order valence-corrected chi connectivity index (χ2v) is 5.51. The smallest absolute Gasteiger partial charge is 0.329 e. The van der Waals surface area contributed by atoms with Crippen LogP contribution in [0.2, 0.25) is 0 Å². The Kier molecular flexibility index (Phi) is 3.30. The van der Waals surface area contributed by atoms with Crippen LogP contribution < -0.4 is 10.7 Å². The summed E-state index contributed by atoms with van der Waals surface area (Å²) in [5, 5.41) is 6.31. The summed E-state index contributed by atoms with van der Waals surface area (Å²) in [4.78, 5) is 22.7. The minimum Gasteiger partial charge on any atom is -0.460 e. The van der Waals surface area contributed by atoms with Crippen molar-refractivity contribution in [3.05, 3.63) is 23.7 Å². The van der Waals surface area contributed by atoms with Gasteiger partial charge in [0.05, 0.1) is 6.21 Å². The molecule has 0 aromatic carbocycles. The van der Waals surface area contributed by atoms with Crippen LogP contribution in [0.15, 0.2) is 21.7 Å². The molecule has 2 saturated carbocycles. The van der Waals surface area contributed by atoms with Gasteiger partial charge in [0.2, 0.25) is 0 Å². The molecule has 2 aliphatic carbocycles. The molecule has 0 bridgehead atoms. The van der Waals surface area contributed by atoms with Gasteiger partial charge in [-0.1, -0.05) is 6.92 Å². The van der Waals surface area contributed by atoms with Crippen LogP contribution >= 0.6 is 0 Å². The van der Waals surface area contributed by atoms with Crippen molar-refractivity contribution in [3.8, 4) is 0 Å². The minimum absolute atomic E-state index is 0.158. The third-order valence-corrected chi connectivity index (χ3v) is 3.60. The number of hydrogen-bond acceptors (Lipinski definition) is 4. The second kappa shape index (κ2) is 5.11. The summed E-state index contributed by atoms with van der Waals surface area (Å²) in [6.45, 7) is 2.18. The van der Waals surface area contributed by atoms with E-state index >= 15 is 0 Å². The quantitative estimate of drug-likeness (QED) is 0.491. The molecule has 0 radical (unpaired) electrons. The Morgan fingerprint density at radius 3 is 2.75 bits per heavy atom. The molecule has 1 aromatic heterocycles. The monoisotopic (exact) mass is 275 g/mol. The number of carbonyl (C=O) groups excluding carboxylic acids is 2. The van der Waals surface area contributed by atoms with E-state index in [0.717, 1.165) is 25.0 Å². The lowest BCUT2D eigenvalue weighted by atomic mass is 10.3. The molecular weight excluding hydrogens is 258 g/mol. The first-order chi connectivity index (χ1) is 9.63. The van der Waals surface area contributed by atoms with Crippen molar-refractivity contribution in [2.75, 3.05) is 0 Å². The zero-order chi connectivity index (χ0) is 14.1. The Labute approximate surface area is 116 Å². The number of hydrogen-bond donors (Lipinski definition) is 2. The first-order valence-corrected chi connectivity index (χ1v) is 6.87. The number of amides is 2. The normalized spacial score (nSPS) is 24.6. The van der Waals surface area contributed by atoms with Gasteiger partial charge in [-0.3, -0.25) is 9.59 Å². The topological polar surface area (TPSA) is 83.7 Å². The van der Waals surface area contributed by atoms with Crippen molar-refractivity contribution in [1.29, 1.82) is 0 Å². The highest BCUT2D eigenvalue weighted by atomic mass is 16.3. The lowest BCUT2D eigenvalue weighted by molar-refractivity contribution is -0.139. The minimum atomic E-state index is -0.754. The Bertz CT molecular complexity index is 560. The highest BCUT2D eigenvalue weighted by Crippen LogP contribution is 2.47. The average Bonchev–Trinajstić information content (AvgIpc) is 3.32. The molecule has 0 aliphatic heterocycles. The van der Waals surface area contributed by atoms with E-state index in [-0.39, 0.29) is 6.04 Å². The molecule has 2 fully saturated rings. The van der Waals surface area contributed by atoms with E-state index < -0.39 is 11.8 Å².